The first-order chi connectivity index (χ1) is 8.72. The maximum Gasteiger partial charge on any atom is 0.188 e. The van der Waals surface area contributed by atoms with Crippen molar-refractivity contribution in [3.8, 4) is 0 Å². The highest BCUT2D eigenvalue weighted by molar-refractivity contribution is 5.74. The second-order valence-corrected chi connectivity index (χ2v) is 5.15. The summed E-state index contributed by atoms with van der Waals surface area (Å²) in [6.45, 7) is 6.12. The average Bonchev–Trinajstić information content (AvgIpc) is 2.35. The zero-order valence-corrected chi connectivity index (χ0v) is 12.5. The van der Waals surface area contributed by atoms with E-state index in [0.717, 1.165) is 13.1 Å². The largest absolute Gasteiger partial charge is 0.370 e. The number of unbranched alkanes of at least 4 members (excludes halogenated alkanes) is 9. The zero-order valence-electron chi connectivity index (χ0n) is 12.5. The standard InChI is InChI=1S/C15H33N3/c1-3-5-6-7-8-9-10-11-12-13-14-18(4-2)15(16)17/h3-14H2,1-2H3,(H3,16,17). The van der Waals surface area contributed by atoms with Crippen LogP contribution in [0.4, 0.5) is 0 Å². The van der Waals surface area contributed by atoms with Crippen molar-refractivity contribution in [1.29, 1.82) is 5.41 Å². The Balaban J connectivity index is 3.18. The first-order valence-electron chi connectivity index (χ1n) is 7.81. The van der Waals surface area contributed by atoms with Gasteiger partial charge in [0.15, 0.2) is 5.96 Å². The third-order valence-corrected chi connectivity index (χ3v) is 3.50. The Hall–Kier alpha value is -0.730. The second kappa shape index (κ2) is 12.7. The fourth-order valence-electron chi connectivity index (χ4n) is 2.24. The maximum absolute atomic E-state index is 7.38. The van der Waals surface area contributed by atoms with Gasteiger partial charge in [-0.25, -0.2) is 0 Å². The van der Waals surface area contributed by atoms with Crippen LogP contribution in [0.25, 0.3) is 0 Å². The van der Waals surface area contributed by atoms with Crippen molar-refractivity contribution < 1.29 is 0 Å². The van der Waals surface area contributed by atoms with Gasteiger partial charge < -0.3 is 10.6 Å². The molecule has 0 aromatic heterocycles. The van der Waals surface area contributed by atoms with Crippen LogP contribution in [0, 0.1) is 5.41 Å². The van der Waals surface area contributed by atoms with Crippen LogP contribution in [0.1, 0.15) is 78.1 Å². The van der Waals surface area contributed by atoms with Gasteiger partial charge in [-0.1, -0.05) is 64.7 Å². The number of rotatable bonds is 12. The Labute approximate surface area is 114 Å². The Bertz CT molecular complexity index is 192. The van der Waals surface area contributed by atoms with Crippen molar-refractivity contribution in [3.63, 3.8) is 0 Å². The number of nitrogens with zero attached hydrogens (tertiary/aromatic N) is 1. The van der Waals surface area contributed by atoms with Gasteiger partial charge in [-0.05, 0) is 13.3 Å². The monoisotopic (exact) mass is 255 g/mol. The van der Waals surface area contributed by atoms with Gasteiger partial charge in [-0.15, -0.1) is 0 Å². The molecule has 3 heteroatoms. The third kappa shape index (κ3) is 10.4. The van der Waals surface area contributed by atoms with Gasteiger partial charge >= 0.3 is 0 Å². The molecule has 0 aromatic carbocycles. The predicted molar refractivity (Wildman–Crippen MR) is 81.0 cm³/mol. The minimum absolute atomic E-state index is 0.216. The van der Waals surface area contributed by atoms with E-state index < -0.39 is 0 Å². The molecule has 0 aromatic rings. The number of hydrogen-bond acceptors (Lipinski definition) is 1. The van der Waals surface area contributed by atoms with E-state index in [1.807, 2.05) is 4.90 Å². The second-order valence-electron chi connectivity index (χ2n) is 5.15. The molecule has 0 aliphatic rings. The van der Waals surface area contributed by atoms with E-state index in [1.165, 1.54) is 64.2 Å². The van der Waals surface area contributed by atoms with Crippen molar-refractivity contribution in [2.24, 2.45) is 5.73 Å². The van der Waals surface area contributed by atoms with Crippen molar-refractivity contribution in [2.45, 2.75) is 78.1 Å². The maximum atomic E-state index is 7.38. The molecule has 3 N–H and O–H groups in total. The SMILES string of the molecule is CCCCCCCCCCCCN(CC)C(=N)N. The van der Waals surface area contributed by atoms with Crippen molar-refractivity contribution in [2.75, 3.05) is 13.1 Å². The minimum Gasteiger partial charge on any atom is -0.370 e. The topological polar surface area (TPSA) is 53.1 Å². The Morgan fingerprint density at radius 2 is 1.28 bits per heavy atom. The van der Waals surface area contributed by atoms with Crippen LogP contribution in [-0.4, -0.2) is 23.9 Å². The van der Waals surface area contributed by atoms with E-state index in [0.29, 0.717) is 0 Å². The van der Waals surface area contributed by atoms with Crippen molar-refractivity contribution >= 4 is 5.96 Å². The molecule has 0 spiro atoms. The molecule has 0 amide bonds. The van der Waals surface area contributed by atoms with E-state index in [4.69, 9.17) is 11.1 Å². The lowest BCUT2D eigenvalue weighted by molar-refractivity contribution is 0.410. The lowest BCUT2D eigenvalue weighted by Crippen LogP contribution is -2.36. The van der Waals surface area contributed by atoms with E-state index in [1.54, 1.807) is 0 Å². The lowest BCUT2D eigenvalue weighted by Gasteiger charge is -2.20. The quantitative estimate of drug-likeness (QED) is 0.313. The normalized spacial score (nSPS) is 10.6. The fraction of sp³-hybridized carbons (Fsp3) is 0.933. The Morgan fingerprint density at radius 1 is 0.833 bits per heavy atom. The summed E-state index contributed by atoms with van der Waals surface area (Å²) < 4.78 is 0. The van der Waals surface area contributed by atoms with Crippen LogP contribution in [0.5, 0.6) is 0 Å². The van der Waals surface area contributed by atoms with E-state index in [9.17, 15) is 0 Å². The molecule has 0 saturated carbocycles. The van der Waals surface area contributed by atoms with E-state index in [2.05, 4.69) is 13.8 Å². The van der Waals surface area contributed by atoms with Crippen LogP contribution < -0.4 is 5.73 Å². The van der Waals surface area contributed by atoms with Gasteiger partial charge in [-0.3, -0.25) is 5.41 Å². The number of hydrogen-bond donors (Lipinski definition) is 2. The zero-order chi connectivity index (χ0) is 13.6. The summed E-state index contributed by atoms with van der Waals surface area (Å²) in [5.41, 5.74) is 5.48. The van der Waals surface area contributed by atoms with Gasteiger partial charge in [0.2, 0.25) is 0 Å². The van der Waals surface area contributed by atoms with Gasteiger partial charge in [0.1, 0.15) is 0 Å². The minimum atomic E-state index is 0.216. The molecule has 0 aliphatic carbocycles. The van der Waals surface area contributed by atoms with Gasteiger partial charge in [0, 0.05) is 13.1 Å². The summed E-state index contributed by atoms with van der Waals surface area (Å²) in [5.74, 6) is 0.216. The summed E-state index contributed by atoms with van der Waals surface area (Å²) >= 11 is 0. The van der Waals surface area contributed by atoms with Crippen LogP contribution in [-0.2, 0) is 0 Å². The van der Waals surface area contributed by atoms with Gasteiger partial charge in [0.05, 0.1) is 0 Å². The molecule has 0 aliphatic heterocycles. The molecule has 0 unspecified atom stereocenters. The van der Waals surface area contributed by atoms with Crippen molar-refractivity contribution in [3.05, 3.63) is 0 Å². The van der Waals surface area contributed by atoms with E-state index >= 15 is 0 Å². The fourth-order valence-corrected chi connectivity index (χ4v) is 2.24. The molecule has 3 nitrogen and oxygen atoms in total. The number of guanidine groups is 1. The van der Waals surface area contributed by atoms with Crippen LogP contribution in [0.2, 0.25) is 0 Å². The summed E-state index contributed by atoms with van der Waals surface area (Å²) in [4.78, 5) is 1.94. The highest BCUT2D eigenvalue weighted by atomic mass is 15.2. The summed E-state index contributed by atoms with van der Waals surface area (Å²) in [6.07, 6.45) is 13.5. The molecular formula is C15H33N3. The Morgan fingerprint density at radius 3 is 1.67 bits per heavy atom. The highest BCUT2D eigenvalue weighted by Crippen LogP contribution is 2.10. The molecule has 0 heterocycles. The third-order valence-electron chi connectivity index (χ3n) is 3.50. The molecule has 0 rings (SSSR count). The molecule has 0 saturated heterocycles. The molecule has 0 radical (unpaired) electrons. The molecular weight excluding hydrogens is 222 g/mol. The molecule has 18 heavy (non-hydrogen) atoms. The highest BCUT2D eigenvalue weighted by Gasteiger charge is 2.02. The molecule has 0 bridgehead atoms. The molecule has 0 fully saturated rings. The molecule has 108 valence electrons. The Kier molecular flexibility index (Phi) is 12.2. The first-order valence-corrected chi connectivity index (χ1v) is 7.81. The van der Waals surface area contributed by atoms with Crippen LogP contribution in [0.15, 0.2) is 0 Å². The van der Waals surface area contributed by atoms with Crippen LogP contribution >= 0.6 is 0 Å². The predicted octanol–water partition coefficient (Wildman–Crippen LogP) is 4.12. The first kappa shape index (κ1) is 17.3. The summed E-state index contributed by atoms with van der Waals surface area (Å²) in [5, 5.41) is 7.38. The molecule has 0 atom stereocenters. The number of nitrogens with two attached hydrogens (primary N) is 1. The summed E-state index contributed by atoms with van der Waals surface area (Å²) in [6, 6.07) is 0. The van der Waals surface area contributed by atoms with Gasteiger partial charge in [-0.2, -0.15) is 0 Å². The van der Waals surface area contributed by atoms with Crippen molar-refractivity contribution in [1.82, 2.24) is 4.90 Å². The number of nitrogens with one attached hydrogen (secondary N) is 1. The van der Waals surface area contributed by atoms with Crippen LogP contribution in [0.3, 0.4) is 0 Å². The van der Waals surface area contributed by atoms with E-state index in [-0.39, 0.29) is 5.96 Å². The smallest absolute Gasteiger partial charge is 0.188 e. The summed E-state index contributed by atoms with van der Waals surface area (Å²) in [7, 11) is 0. The lowest BCUT2D eigenvalue weighted by atomic mass is 10.1. The average molecular weight is 255 g/mol. The van der Waals surface area contributed by atoms with Gasteiger partial charge in [0.25, 0.3) is 0 Å².